The Morgan fingerprint density at radius 3 is 2.00 bits per heavy atom. The summed E-state index contributed by atoms with van der Waals surface area (Å²) in [6.07, 6.45) is 0.544. The maximum absolute atomic E-state index is 8.94. The van der Waals surface area contributed by atoms with E-state index in [1.165, 1.54) is 0 Å². The van der Waals surface area contributed by atoms with E-state index in [2.05, 4.69) is 13.8 Å². The number of aliphatic hydroxyl groups excluding tert-OH is 1. The maximum atomic E-state index is 8.94. The molecule has 0 unspecified atom stereocenters. The lowest BCUT2D eigenvalue weighted by Gasteiger charge is -2.13. The van der Waals surface area contributed by atoms with E-state index in [0.29, 0.717) is 17.9 Å². The minimum Gasteiger partial charge on any atom is -0.396 e. The lowest BCUT2D eigenvalue weighted by Crippen LogP contribution is -2.20. The normalized spacial score (nSPS) is 48.0. The van der Waals surface area contributed by atoms with E-state index in [4.69, 9.17) is 9.84 Å². The smallest absolute Gasteiger partial charge is 0.0604 e. The highest BCUT2D eigenvalue weighted by molar-refractivity contribution is 4.82. The molecule has 0 saturated carbocycles. The molecule has 1 fully saturated rings. The number of aliphatic hydroxyl groups is 1. The fourth-order valence-electron chi connectivity index (χ4n) is 1.65. The lowest BCUT2D eigenvalue weighted by atomic mass is 9.90. The van der Waals surface area contributed by atoms with Crippen molar-refractivity contribution in [1.29, 1.82) is 0 Å². The van der Waals surface area contributed by atoms with Crippen LogP contribution in [0.4, 0.5) is 0 Å². The molecule has 1 N–H and O–H groups in total. The zero-order valence-electron chi connectivity index (χ0n) is 6.87. The minimum atomic E-state index is 0.231. The molecule has 0 bridgehead atoms. The molecule has 2 heteroatoms. The van der Waals surface area contributed by atoms with Crippen LogP contribution in [0.25, 0.3) is 0 Å². The van der Waals surface area contributed by atoms with E-state index in [-0.39, 0.29) is 12.7 Å². The van der Waals surface area contributed by atoms with Gasteiger partial charge in [0.1, 0.15) is 0 Å². The van der Waals surface area contributed by atoms with Crippen LogP contribution in [0, 0.1) is 11.8 Å². The molecule has 60 valence electrons. The summed E-state index contributed by atoms with van der Waals surface area (Å²) in [5, 5.41) is 8.94. The average Bonchev–Trinajstić information content (AvgIpc) is 2.09. The van der Waals surface area contributed by atoms with Gasteiger partial charge in [0, 0.05) is 12.5 Å². The highest BCUT2D eigenvalue weighted by Crippen LogP contribution is 2.31. The molecule has 4 atom stereocenters. The van der Waals surface area contributed by atoms with Crippen molar-refractivity contribution < 1.29 is 9.84 Å². The third kappa shape index (κ3) is 1.18. The zero-order valence-corrected chi connectivity index (χ0v) is 6.87. The Labute approximate surface area is 62.2 Å². The van der Waals surface area contributed by atoms with Crippen LogP contribution in [-0.4, -0.2) is 23.9 Å². The van der Waals surface area contributed by atoms with Crippen molar-refractivity contribution in [2.24, 2.45) is 11.8 Å². The van der Waals surface area contributed by atoms with Crippen molar-refractivity contribution in [2.45, 2.75) is 33.0 Å². The summed E-state index contributed by atoms with van der Waals surface area (Å²) in [5.41, 5.74) is 0. The summed E-state index contributed by atoms with van der Waals surface area (Å²) in [4.78, 5) is 0. The molecule has 1 saturated heterocycles. The summed E-state index contributed by atoms with van der Waals surface area (Å²) in [6.45, 7) is 6.49. The minimum absolute atomic E-state index is 0.231. The lowest BCUT2D eigenvalue weighted by molar-refractivity contribution is 0.0449. The second-order valence-corrected chi connectivity index (χ2v) is 3.25. The third-order valence-corrected chi connectivity index (χ3v) is 2.66. The van der Waals surface area contributed by atoms with Gasteiger partial charge in [-0.1, -0.05) is 6.92 Å². The Hall–Kier alpha value is -0.0800. The quantitative estimate of drug-likeness (QED) is 0.595. The van der Waals surface area contributed by atoms with Crippen molar-refractivity contribution in [1.82, 2.24) is 0 Å². The predicted octanol–water partition coefficient (Wildman–Crippen LogP) is 1.04. The molecule has 0 aromatic rings. The molecule has 0 aromatic heterocycles. The predicted molar refractivity (Wildman–Crippen MR) is 39.7 cm³/mol. The molecule has 2 nitrogen and oxygen atoms in total. The molecule has 1 aliphatic heterocycles. The van der Waals surface area contributed by atoms with Gasteiger partial charge in [0.15, 0.2) is 0 Å². The summed E-state index contributed by atoms with van der Waals surface area (Å²) >= 11 is 0. The first-order chi connectivity index (χ1) is 4.66. The molecule has 0 aliphatic carbocycles. The van der Waals surface area contributed by atoms with E-state index in [1.54, 1.807) is 0 Å². The first kappa shape index (κ1) is 8.02. The number of ether oxygens (including phenoxy) is 1. The van der Waals surface area contributed by atoms with Crippen LogP contribution >= 0.6 is 0 Å². The van der Waals surface area contributed by atoms with Gasteiger partial charge in [0.25, 0.3) is 0 Å². The first-order valence-corrected chi connectivity index (χ1v) is 3.93. The molecule has 0 aromatic carbocycles. The molecule has 0 amide bonds. The van der Waals surface area contributed by atoms with Crippen LogP contribution < -0.4 is 0 Å². The summed E-state index contributed by atoms with van der Waals surface area (Å²) in [5.74, 6) is 0.843. The maximum Gasteiger partial charge on any atom is 0.0604 e. The molecule has 0 spiro atoms. The number of rotatable bonds is 1. The fourth-order valence-corrected chi connectivity index (χ4v) is 1.65. The molecule has 1 aliphatic rings. The summed E-state index contributed by atoms with van der Waals surface area (Å²) < 4.78 is 5.52. The highest BCUT2D eigenvalue weighted by Gasteiger charge is 2.35. The Bertz CT molecular complexity index is 114. The van der Waals surface area contributed by atoms with Crippen LogP contribution in [0.15, 0.2) is 0 Å². The Morgan fingerprint density at radius 1 is 1.20 bits per heavy atom. The zero-order chi connectivity index (χ0) is 7.72. The molecular weight excluding hydrogens is 128 g/mol. The first-order valence-electron chi connectivity index (χ1n) is 3.93. The van der Waals surface area contributed by atoms with Gasteiger partial charge in [-0.3, -0.25) is 0 Å². The largest absolute Gasteiger partial charge is 0.396 e. The monoisotopic (exact) mass is 144 g/mol. The van der Waals surface area contributed by atoms with Crippen molar-refractivity contribution in [3.8, 4) is 0 Å². The second-order valence-electron chi connectivity index (χ2n) is 3.25. The molecule has 0 radical (unpaired) electrons. The van der Waals surface area contributed by atoms with E-state index < -0.39 is 0 Å². The second kappa shape index (κ2) is 2.89. The van der Waals surface area contributed by atoms with Gasteiger partial charge in [-0.05, 0) is 19.8 Å². The molecule has 1 rings (SSSR count). The van der Waals surface area contributed by atoms with Gasteiger partial charge in [-0.2, -0.15) is 0 Å². The van der Waals surface area contributed by atoms with Gasteiger partial charge in [0.2, 0.25) is 0 Å². The van der Waals surface area contributed by atoms with E-state index in [9.17, 15) is 0 Å². The Balaban J connectivity index is 2.55. The van der Waals surface area contributed by atoms with E-state index in [0.717, 1.165) is 0 Å². The van der Waals surface area contributed by atoms with Gasteiger partial charge in [-0.15, -0.1) is 0 Å². The van der Waals surface area contributed by atoms with Gasteiger partial charge >= 0.3 is 0 Å². The number of hydrogen-bond acceptors (Lipinski definition) is 2. The molecular formula is C8H16O2. The Kier molecular flexibility index (Phi) is 2.32. The molecule has 10 heavy (non-hydrogen) atoms. The number of hydrogen-bond donors (Lipinski definition) is 1. The van der Waals surface area contributed by atoms with Crippen molar-refractivity contribution in [3.63, 3.8) is 0 Å². The van der Waals surface area contributed by atoms with Gasteiger partial charge < -0.3 is 9.84 Å². The third-order valence-electron chi connectivity index (χ3n) is 2.66. The average molecular weight is 144 g/mol. The SMILES string of the molecule is C[C@@H]1[C@@H](CO)[C@@H](C)O[C@H]1C. The van der Waals surface area contributed by atoms with Crippen molar-refractivity contribution in [2.75, 3.05) is 6.61 Å². The topological polar surface area (TPSA) is 29.5 Å². The summed E-state index contributed by atoms with van der Waals surface area (Å²) in [6, 6.07) is 0. The van der Waals surface area contributed by atoms with Gasteiger partial charge in [0.05, 0.1) is 12.2 Å². The fraction of sp³-hybridized carbons (Fsp3) is 1.00. The van der Waals surface area contributed by atoms with E-state index >= 15 is 0 Å². The van der Waals surface area contributed by atoms with Crippen LogP contribution in [0.5, 0.6) is 0 Å². The Morgan fingerprint density at radius 2 is 1.80 bits per heavy atom. The molecule has 1 heterocycles. The summed E-state index contributed by atoms with van der Waals surface area (Å²) in [7, 11) is 0. The van der Waals surface area contributed by atoms with Gasteiger partial charge in [-0.25, -0.2) is 0 Å². The standard InChI is InChI=1S/C8H16O2/c1-5-6(2)10-7(3)8(5)4-9/h5-9H,4H2,1-3H3/t5-,6-,7+,8+/m0/s1. The van der Waals surface area contributed by atoms with Crippen LogP contribution in [0.1, 0.15) is 20.8 Å². The van der Waals surface area contributed by atoms with E-state index in [1.807, 2.05) is 6.92 Å². The van der Waals surface area contributed by atoms with Crippen molar-refractivity contribution >= 4 is 0 Å². The van der Waals surface area contributed by atoms with Crippen molar-refractivity contribution in [3.05, 3.63) is 0 Å². The highest BCUT2D eigenvalue weighted by atomic mass is 16.5. The van der Waals surface area contributed by atoms with Crippen LogP contribution in [-0.2, 0) is 4.74 Å². The van der Waals surface area contributed by atoms with Crippen LogP contribution in [0.3, 0.4) is 0 Å². The van der Waals surface area contributed by atoms with Crippen LogP contribution in [0.2, 0.25) is 0 Å².